The normalized spacial score (nSPS) is 17.2. The van der Waals surface area contributed by atoms with Crippen LogP contribution in [0.2, 0.25) is 10.0 Å². The molecule has 1 fully saturated rings. The molecule has 2 aromatic carbocycles. The zero-order valence-corrected chi connectivity index (χ0v) is 22.9. The fourth-order valence-electron chi connectivity index (χ4n) is 4.52. The predicted octanol–water partition coefficient (Wildman–Crippen LogP) is 5.22. The molecule has 1 atom stereocenters. The summed E-state index contributed by atoms with van der Waals surface area (Å²) in [5.41, 5.74) is 2.03. The van der Waals surface area contributed by atoms with Crippen LogP contribution >= 0.6 is 23.2 Å². The highest BCUT2D eigenvalue weighted by atomic mass is 35.5. The fourth-order valence-corrected chi connectivity index (χ4v) is 5.16. The number of benzene rings is 2. The SMILES string of the molecule is CCN(CC)c1ccc(C2/C(=C(\O)c3cc(Cl)c(OC)c(Cl)c3)C(=O)C(=O)N2CCCN(C)C)cc1. The van der Waals surface area contributed by atoms with Crippen LogP contribution in [0.3, 0.4) is 0 Å². The molecule has 1 aliphatic heterocycles. The van der Waals surface area contributed by atoms with Gasteiger partial charge in [0.05, 0.1) is 28.8 Å². The number of ether oxygens (including phenoxy) is 1. The van der Waals surface area contributed by atoms with Crippen molar-refractivity contribution < 1.29 is 19.4 Å². The first kappa shape index (κ1) is 27.8. The van der Waals surface area contributed by atoms with Gasteiger partial charge < -0.3 is 24.5 Å². The lowest BCUT2D eigenvalue weighted by Crippen LogP contribution is -2.32. The van der Waals surface area contributed by atoms with E-state index >= 15 is 0 Å². The number of methoxy groups -OCH3 is 1. The molecule has 0 radical (unpaired) electrons. The Balaban J connectivity index is 2.13. The summed E-state index contributed by atoms with van der Waals surface area (Å²) in [6.45, 7) is 7.01. The molecule has 0 bridgehead atoms. The van der Waals surface area contributed by atoms with Gasteiger partial charge >= 0.3 is 0 Å². The summed E-state index contributed by atoms with van der Waals surface area (Å²) >= 11 is 12.6. The second-order valence-corrected chi connectivity index (χ2v) is 9.70. The molecule has 0 spiro atoms. The summed E-state index contributed by atoms with van der Waals surface area (Å²) in [5.74, 6) is -1.44. The van der Waals surface area contributed by atoms with Crippen LogP contribution in [-0.4, -0.2) is 74.0 Å². The van der Waals surface area contributed by atoms with Crippen molar-refractivity contribution in [3.05, 3.63) is 63.1 Å². The number of rotatable bonds is 10. The first-order valence-electron chi connectivity index (χ1n) is 12.0. The van der Waals surface area contributed by atoms with Gasteiger partial charge in [0.15, 0.2) is 5.75 Å². The molecule has 2 aromatic rings. The largest absolute Gasteiger partial charge is 0.507 e. The molecule has 3 rings (SSSR count). The number of aliphatic hydroxyl groups is 1. The molecular formula is C27H33Cl2N3O4. The monoisotopic (exact) mass is 533 g/mol. The summed E-state index contributed by atoms with van der Waals surface area (Å²) in [4.78, 5) is 32.2. The maximum Gasteiger partial charge on any atom is 0.295 e. The van der Waals surface area contributed by atoms with Crippen LogP contribution in [0.5, 0.6) is 5.75 Å². The van der Waals surface area contributed by atoms with Gasteiger partial charge in [0.25, 0.3) is 11.7 Å². The van der Waals surface area contributed by atoms with E-state index in [9.17, 15) is 14.7 Å². The number of halogens is 2. The minimum Gasteiger partial charge on any atom is -0.507 e. The third-order valence-electron chi connectivity index (χ3n) is 6.36. The zero-order valence-electron chi connectivity index (χ0n) is 21.3. The highest BCUT2D eigenvalue weighted by Gasteiger charge is 2.45. The second kappa shape index (κ2) is 12.0. The molecule has 0 aliphatic carbocycles. The van der Waals surface area contributed by atoms with Crippen LogP contribution < -0.4 is 9.64 Å². The summed E-state index contributed by atoms with van der Waals surface area (Å²) < 4.78 is 5.20. The van der Waals surface area contributed by atoms with Gasteiger partial charge in [-0.25, -0.2) is 0 Å². The van der Waals surface area contributed by atoms with Crippen LogP contribution in [0, 0.1) is 0 Å². The zero-order chi connectivity index (χ0) is 26.6. The lowest BCUT2D eigenvalue weighted by molar-refractivity contribution is -0.139. The molecule has 0 saturated carbocycles. The maximum atomic E-state index is 13.3. The topological polar surface area (TPSA) is 73.3 Å². The standard InChI is InChI=1S/C27H33Cl2N3O4/c1-6-31(7-2)19-11-9-17(10-12-19)23-22(25(34)27(35)32(23)14-8-13-30(3)4)24(33)18-15-20(28)26(36-5)21(29)16-18/h9-12,15-16,23,33H,6-8,13-14H2,1-5H3/b24-22+. The number of nitrogens with zero attached hydrogens (tertiary/aromatic N) is 3. The minimum atomic E-state index is -0.738. The number of amides is 1. The number of hydrogen-bond acceptors (Lipinski definition) is 6. The van der Waals surface area contributed by atoms with Gasteiger partial charge in [-0.1, -0.05) is 35.3 Å². The first-order valence-corrected chi connectivity index (χ1v) is 12.7. The van der Waals surface area contributed by atoms with E-state index in [4.69, 9.17) is 27.9 Å². The predicted molar refractivity (Wildman–Crippen MR) is 145 cm³/mol. The molecule has 1 heterocycles. The molecule has 7 nitrogen and oxygen atoms in total. The quantitative estimate of drug-likeness (QED) is 0.256. The van der Waals surface area contributed by atoms with Gasteiger partial charge in [-0.3, -0.25) is 9.59 Å². The van der Waals surface area contributed by atoms with Gasteiger partial charge in [0.2, 0.25) is 0 Å². The number of hydrogen-bond donors (Lipinski definition) is 1. The molecule has 0 aromatic heterocycles. The number of anilines is 1. The molecule has 1 unspecified atom stereocenters. The fraction of sp³-hybridized carbons (Fsp3) is 0.407. The van der Waals surface area contributed by atoms with Crippen molar-refractivity contribution in [1.82, 2.24) is 9.80 Å². The average molecular weight is 534 g/mol. The van der Waals surface area contributed by atoms with Crippen molar-refractivity contribution in [2.24, 2.45) is 0 Å². The molecule has 9 heteroatoms. The molecule has 1 amide bonds. The van der Waals surface area contributed by atoms with Crippen LogP contribution in [0.15, 0.2) is 42.0 Å². The van der Waals surface area contributed by atoms with Gasteiger partial charge in [-0.05, 0) is 70.7 Å². The van der Waals surface area contributed by atoms with Crippen LogP contribution in [0.25, 0.3) is 5.76 Å². The van der Waals surface area contributed by atoms with E-state index in [0.29, 0.717) is 13.0 Å². The van der Waals surface area contributed by atoms with Crippen LogP contribution in [0.4, 0.5) is 5.69 Å². The molecule has 194 valence electrons. The van der Waals surface area contributed by atoms with Crippen LogP contribution in [0.1, 0.15) is 37.4 Å². The lowest BCUT2D eigenvalue weighted by Gasteiger charge is -2.27. The van der Waals surface area contributed by atoms with Crippen molar-refractivity contribution in [1.29, 1.82) is 0 Å². The van der Waals surface area contributed by atoms with E-state index in [1.54, 1.807) is 0 Å². The van der Waals surface area contributed by atoms with E-state index in [1.165, 1.54) is 24.1 Å². The number of carbonyl (C=O) groups is 2. The van der Waals surface area contributed by atoms with Gasteiger partial charge in [0.1, 0.15) is 5.76 Å². The lowest BCUT2D eigenvalue weighted by atomic mass is 9.95. The Kier molecular flexibility index (Phi) is 9.28. The van der Waals surface area contributed by atoms with Crippen molar-refractivity contribution in [2.45, 2.75) is 26.3 Å². The number of carbonyl (C=O) groups excluding carboxylic acids is 2. The Morgan fingerprint density at radius 1 is 1.06 bits per heavy atom. The number of ketones is 1. The average Bonchev–Trinajstić information content (AvgIpc) is 3.09. The smallest absolute Gasteiger partial charge is 0.295 e. The van der Waals surface area contributed by atoms with Gasteiger partial charge in [-0.15, -0.1) is 0 Å². The van der Waals surface area contributed by atoms with Crippen LogP contribution in [-0.2, 0) is 9.59 Å². The van der Waals surface area contributed by atoms with Gasteiger partial charge in [-0.2, -0.15) is 0 Å². The third-order valence-corrected chi connectivity index (χ3v) is 6.92. The highest BCUT2D eigenvalue weighted by molar-refractivity contribution is 6.46. The van der Waals surface area contributed by atoms with E-state index in [-0.39, 0.29) is 32.7 Å². The van der Waals surface area contributed by atoms with Crippen molar-refractivity contribution >= 4 is 46.3 Å². The van der Waals surface area contributed by atoms with Gasteiger partial charge in [0, 0.05) is 30.9 Å². The molecule has 1 N–H and O–H groups in total. The third kappa shape index (κ3) is 5.64. The highest BCUT2D eigenvalue weighted by Crippen LogP contribution is 2.42. The molecule has 1 aliphatic rings. The van der Waals surface area contributed by atoms with Crippen molar-refractivity contribution in [2.75, 3.05) is 52.3 Å². The first-order chi connectivity index (χ1) is 17.1. The van der Waals surface area contributed by atoms with E-state index in [2.05, 4.69) is 18.7 Å². The summed E-state index contributed by atoms with van der Waals surface area (Å²) in [7, 11) is 5.34. The summed E-state index contributed by atoms with van der Waals surface area (Å²) in [5, 5.41) is 11.7. The van der Waals surface area contributed by atoms with E-state index in [0.717, 1.165) is 30.9 Å². The van der Waals surface area contributed by atoms with E-state index in [1.807, 2.05) is 43.3 Å². The number of Topliss-reactive ketones (excluding diaryl/α,β-unsaturated/α-hetero) is 1. The summed E-state index contributed by atoms with van der Waals surface area (Å²) in [6.07, 6.45) is 0.675. The Hall–Kier alpha value is -2.74. The molecular weight excluding hydrogens is 501 g/mol. The Morgan fingerprint density at radius 3 is 2.14 bits per heavy atom. The Morgan fingerprint density at radius 2 is 1.64 bits per heavy atom. The van der Waals surface area contributed by atoms with E-state index < -0.39 is 17.7 Å². The summed E-state index contributed by atoms with van der Waals surface area (Å²) in [6, 6.07) is 9.97. The molecule has 1 saturated heterocycles. The minimum absolute atomic E-state index is 0.0118. The Labute approximate surface area is 222 Å². The number of likely N-dealkylation sites (tertiary alicyclic amines) is 1. The maximum absolute atomic E-state index is 13.3. The second-order valence-electron chi connectivity index (χ2n) is 8.89. The number of aliphatic hydroxyl groups excluding tert-OH is 1. The van der Waals surface area contributed by atoms with Crippen molar-refractivity contribution in [3.63, 3.8) is 0 Å². The Bertz CT molecular complexity index is 1120. The molecule has 36 heavy (non-hydrogen) atoms. The van der Waals surface area contributed by atoms with Crippen molar-refractivity contribution in [3.8, 4) is 5.75 Å².